The third-order valence-corrected chi connectivity index (χ3v) is 4.58. The largest absolute Gasteiger partial charge is 0.493 e. The summed E-state index contributed by atoms with van der Waals surface area (Å²) < 4.78 is 15.9. The molecule has 24 heavy (non-hydrogen) atoms. The summed E-state index contributed by atoms with van der Waals surface area (Å²) in [5.74, 6) is 2.48. The zero-order valence-electron chi connectivity index (χ0n) is 14.2. The summed E-state index contributed by atoms with van der Waals surface area (Å²) in [5.41, 5.74) is 0.321. The third-order valence-electron chi connectivity index (χ3n) is 4.58. The predicted molar refractivity (Wildman–Crippen MR) is 88.4 cm³/mol. The van der Waals surface area contributed by atoms with Crippen molar-refractivity contribution in [1.29, 1.82) is 0 Å². The van der Waals surface area contributed by atoms with Crippen LogP contribution in [-0.2, 0) is 12.8 Å². The van der Waals surface area contributed by atoms with E-state index in [-0.39, 0.29) is 0 Å². The van der Waals surface area contributed by atoms with Gasteiger partial charge in [0.1, 0.15) is 0 Å². The highest BCUT2D eigenvalue weighted by molar-refractivity contribution is 5.43. The molecule has 0 bridgehead atoms. The van der Waals surface area contributed by atoms with Crippen molar-refractivity contribution in [2.45, 2.75) is 50.5 Å². The number of hydrogen-bond acceptors (Lipinski definition) is 6. The van der Waals surface area contributed by atoms with Crippen LogP contribution in [0.1, 0.15) is 49.4 Å². The second kappa shape index (κ2) is 7.21. The first-order valence-corrected chi connectivity index (χ1v) is 8.37. The standard InChI is InChI=1S/C18H24N2O4/c1-22-14-7-6-13(10-15(14)23-2)11-16-19-17(24-20-16)12-18(21)8-4-3-5-9-18/h6-7,10,21H,3-5,8-9,11-12H2,1-2H3. The Labute approximate surface area is 141 Å². The topological polar surface area (TPSA) is 77.6 Å². The molecule has 1 aliphatic rings. The molecule has 0 saturated heterocycles. The molecule has 0 aliphatic heterocycles. The molecular weight excluding hydrogens is 308 g/mol. The fourth-order valence-electron chi connectivity index (χ4n) is 3.28. The van der Waals surface area contributed by atoms with E-state index in [9.17, 15) is 5.11 Å². The highest BCUT2D eigenvalue weighted by atomic mass is 16.5. The molecule has 0 spiro atoms. The Morgan fingerprint density at radius 2 is 1.88 bits per heavy atom. The lowest BCUT2D eigenvalue weighted by Crippen LogP contribution is -2.33. The van der Waals surface area contributed by atoms with E-state index in [4.69, 9.17) is 14.0 Å². The number of aromatic nitrogens is 2. The maximum absolute atomic E-state index is 10.6. The maximum atomic E-state index is 10.6. The second-order valence-electron chi connectivity index (χ2n) is 6.43. The van der Waals surface area contributed by atoms with E-state index < -0.39 is 5.60 Å². The molecule has 0 unspecified atom stereocenters. The van der Waals surface area contributed by atoms with Gasteiger partial charge in [-0.2, -0.15) is 4.98 Å². The normalized spacial score (nSPS) is 16.8. The van der Waals surface area contributed by atoms with E-state index in [1.165, 1.54) is 6.42 Å². The number of methoxy groups -OCH3 is 2. The number of benzene rings is 1. The van der Waals surface area contributed by atoms with Crippen LogP contribution in [-0.4, -0.2) is 35.1 Å². The lowest BCUT2D eigenvalue weighted by molar-refractivity contribution is -0.00181. The Hall–Kier alpha value is -2.08. The maximum Gasteiger partial charge on any atom is 0.229 e. The Kier molecular flexibility index (Phi) is 5.04. The zero-order valence-corrected chi connectivity index (χ0v) is 14.2. The molecule has 1 aromatic carbocycles. The number of hydrogen-bond donors (Lipinski definition) is 1. The van der Waals surface area contributed by atoms with Gasteiger partial charge in [0.2, 0.25) is 5.89 Å². The molecule has 1 aliphatic carbocycles. The monoisotopic (exact) mass is 332 g/mol. The van der Waals surface area contributed by atoms with Crippen LogP contribution in [0, 0.1) is 0 Å². The fourth-order valence-corrected chi connectivity index (χ4v) is 3.28. The van der Waals surface area contributed by atoms with Gasteiger partial charge in [-0.1, -0.05) is 30.5 Å². The van der Waals surface area contributed by atoms with Crippen molar-refractivity contribution in [1.82, 2.24) is 10.1 Å². The van der Waals surface area contributed by atoms with Gasteiger partial charge in [0, 0.05) is 6.42 Å². The van der Waals surface area contributed by atoms with Crippen molar-refractivity contribution in [2.75, 3.05) is 14.2 Å². The smallest absolute Gasteiger partial charge is 0.229 e. The lowest BCUT2D eigenvalue weighted by Gasteiger charge is -2.30. The molecule has 0 atom stereocenters. The van der Waals surface area contributed by atoms with Crippen LogP contribution in [0.4, 0.5) is 0 Å². The summed E-state index contributed by atoms with van der Waals surface area (Å²) >= 11 is 0. The van der Waals surface area contributed by atoms with E-state index in [0.29, 0.717) is 36.1 Å². The van der Waals surface area contributed by atoms with Crippen LogP contribution < -0.4 is 9.47 Å². The molecular formula is C18H24N2O4. The van der Waals surface area contributed by atoms with Crippen molar-refractivity contribution in [2.24, 2.45) is 0 Å². The first kappa shape index (κ1) is 16.8. The molecule has 6 nitrogen and oxygen atoms in total. The molecule has 0 amide bonds. The summed E-state index contributed by atoms with van der Waals surface area (Å²) in [6.07, 6.45) is 5.90. The molecule has 0 radical (unpaired) electrons. The fraction of sp³-hybridized carbons (Fsp3) is 0.556. The average molecular weight is 332 g/mol. The Morgan fingerprint density at radius 3 is 2.58 bits per heavy atom. The number of aliphatic hydroxyl groups is 1. The van der Waals surface area contributed by atoms with Crippen molar-refractivity contribution < 1.29 is 19.1 Å². The van der Waals surface area contributed by atoms with Gasteiger partial charge in [-0.3, -0.25) is 0 Å². The van der Waals surface area contributed by atoms with Crippen molar-refractivity contribution in [3.05, 3.63) is 35.5 Å². The van der Waals surface area contributed by atoms with Gasteiger partial charge in [-0.05, 0) is 30.5 Å². The minimum Gasteiger partial charge on any atom is -0.493 e. The second-order valence-corrected chi connectivity index (χ2v) is 6.43. The molecule has 1 fully saturated rings. The molecule has 1 N–H and O–H groups in total. The van der Waals surface area contributed by atoms with Crippen molar-refractivity contribution in [3.8, 4) is 11.5 Å². The predicted octanol–water partition coefficient (Wildman–Crippen LogP) is 2.92. The Bertz CT molecular complexity index is 677. The highest BCUT2D eigenvalue weighted by Crippen LogP contribution is 2.31. The van der Waals surface area contributed by atoms with Gasteiger partial charge in [0.25, 0.3) is 0 Å². The van der Waals surface area contributed by atoms with E-state index in [1.54, 1.807) is 14.2 Å². The molecule has 130 valence electrons. The summed E-state index contributed by atoms with van der Waals surface area (Å²) in [5, 5.41) is 14.6. The number of rotatable bonds is 6. The molecule has 1 aromatic heterocycles. The van der Waals surface area contributed by atoms with E-state index in [2.05, 4.69) is 10.1 Å². The zero-order chi connectivity index (χ0) is 17.0. The summed E-state index contributed by atoms with van der Waals surface area (Å²) in [6.45, 7) is 0. The van der Waals surface area contributed by atoms with E-state index in [1.807, 2.05) is 18.2 Å². The summed E-state index contributed by atoms with van der Waals surface area (Å²) in [6, 6.07) is 5.72. The van der Waals surface area contributed by atoms with Crippen LogP contribution in [0.15, 0.2) is 22.7 Å². The molecule has 3 rings (SSSR count). The van der Waals surface area contributed by atoms with Crippen molar-refractivity contribution in [3.63, 3.8) is 0 Å². The quantitative estimate of drug-likeness (QED) is 0.876. The third kappa shape index (κ3) is 3.87. The van der Waals surface area contributed by atoms with Crippen LogP contribution in [0.25, 0.3) is 0 Å². The van der Waals surface area contributed by atoms with Crippen molar-refractivity contribution >= 4 is 0 Å². The number of nitrogens with zero attached hydrogens (tertiary/aromatic N) is 2. The summed E-state index contributed by atoms with van der Waals surface area (Å²) in [7, 11) is 3.22. The molecule has 1 heterocycles. The van der Waals surface area contributed by atoms with Crippen LogP contribution in [0.3, 0.4) is 0 Å². The van der Waals surface area contributed by atoms with Gasteiger partial charge >= 0.3 is 0 Å². The minimum absolute atomic E-state index is 0.436. The summed E-state index contributed by atoms with van der Waals surface area (Å²) in [4.78, 5) is 4.43. The SMILES string of the molecule is COc1ccc(Cc2noc(CC3(O)CCCCC3)n2)cc1OC. The van der Waals surface area contributed by atoms with E-state index >= 15 is 0 Å². The van der Waals surface area contributed by atoms with Gasteiger partial charge in [0.05, 0.1) is 26.2 Å². The van der Waals surface area contributed by atoms with Gasteiger partial charge < -0.3 is 19.1 Å². The highest BCUT2D eigenvalue weighted by Gasteiger charge is 2.31. The Morgan fingerprint density at radius 1 is 1.12 bits per heavy atom. The van der Waals surface area contributed by atoms with Gasteiger partial charge in [-0.15, -0.1) is 0 Å². The number of ether oxygens (including phenoxy) is 2. The first-order valence-electron chi connectivity index (χ1n) is 8.37. The Balaban J connectivity index is 1.67. The van der Waals surface area contributed by atoms with Crippen LogP contribution in [0.2, 0.25) is 0 Å². The molecule has 2 aromatic rings. The van der Waals surface area contributed by atoms with E-state index in [0.717, 1.165) is 31.2 Å². The van der Waals surface area contributed by atoms with Gasteiger partial charge in [0.15, 0.2) is 17.3 Å². The average Bonchev–Trinajstić information content (AvgIpc) is 3.01. The van der Waals surface area contributed by atoms with Crippen LogP contribution in [0.5, 0.6) is 11.5 Å². The van der Waals surface area contributed by atoms with Crippen LogP contribution >= 0.6 is 0 Å². The first-order chi connectivity index (χ1) is 11.6. The minimum atomic E-state index is -0.689. The molecule has 6 heteroatoms. The lowest BCUT2D eigenvalue weighted by atomic mass is 9.82. The molecule has 1 saturated carbocycles. The van der Waals surface area contributed by atoms with Gasteiger partial charge in [-0.25, -0.2) is 0 Å².